The van der Waals surface area contributed by atoms with Crippen LogP contribution in [0.3, 0.4) is 0 Å². The minimum absolute atomic E-state index is 0.0311. The lowest BCUT2D eigenvalue weighted by molar-refractivity contribution is 0.509. The topological polar surface area (TPSA) is 82.7 Å². The Bertz CT molecular complexity index is 1440. The average molecular weight is 452 g/mol. The van der Waals surface area contributed by atoms with Crippen LogP contribution in [0.25, 0.3) is 21.1 Å². The predicted molar refractivity (Wildman–Crippen MR) is 125 cm³/mol. The lowest BCUT2D eigenvalue weighted by Gasteiger charge is -2.17. The summed E-state index contributed by atoms with van der Waals surface area (Å²) in [5.41, 5.74) is 1.49. The van der Waals surface area contributed by atoms with Gasteiger partial charge in [-0.25, -0.2) is 4.98 Å². The van der Waals surface area contributed by atoms with Gasteiger partial charge in [-0.1, -0.05) is 42.1 Å². The highest BCUT2D eigenvalue weighted by Gasteiger charge is 2.24. The number of hydrogen-bond donors (Lipinski definition) is 0. The number of aryl methyl sites for hydroxylation is 1. The van der Waals surface area contributed by atoms with E-state index in [2.05, 4.69) is 23.8 Å². The van der Waals surface area contributed by atoms with Crippen LogP contribution in [0.5, 0.6) is 0 Å². The highest BCUT2D eigenvalue weighted by atomic mass is 32.2. The summed E-state index contributed by atoms with van der Waals surface area (Å²) >= 11 is 2.93. The minimum atomic E-state index is -0.211. The van der Waals surface area contributed by atoms with Crippen LogP contribution in [-0.2, 0) is 25.3 Å². The maximum atomic E-state index is 13.4. The van der Waals surface area contributed by atoms with Gasteiger partial charge < -0.3 is 0 Å². The van der Waals surface area contributed by atoms with Gasteiger partial charge in [-0.05, 0) is 42.9 Å². The van der Waals surface area contributed by atoms with Gasteiger partial charge >= 0.3 is 0 Å². The number of benzene rings is 1. The van der Waals surface area contributed by atoms with Crippen LogP contribution in [-0.4, -0.2) is 24.5 Å². The standard InChI is InChI=1S/C22H21N5O2S2/c1-3-10-26-21(29)18-15-9-8-13(2)11-17(15)31-19(18)23-22(26)30-12-27-20(28)14-6-4-5-7-16(14)24-25-27/h3-7,13H,1,8-12H2,2H3. The molecule has 3 aromatic heterocycles. The molecule has 0 aliphatic heterocycles. The van der Waals surface area contributed by atoms with Crippen LogP contribution in [0.15, 0.2) is 51.7 Å². The molecule has 1 atom stereocenters. The number of thiophene rings is 1. The second-order valence-corrected chi connectivity index (χ2v) is 9.81. The van der Waals surface area contributed by atoms with Crippen molar-refractivity contribution in [1.82, 2.24) is 24.5 Å². The Hall–Kier alpha value is -2.78. The second-order valence-electron chi connectivity index (χ2n) is 7.82. The molecular weight excluding hydrogens is 430 g/mol. The molecule has 158 valence electrons. The highest BCUT2D eigenvalue weighted by molar-refractivity contribution is 7.98. The Balaban J connectivity index is 1.56. The van der Waals surface area contributed by atoms with Crippen LogP contribution in [0.2, 0.25) is 0 Å². The van der Waals surface area contributed by atoms with Gasteiger partial charge in [0.2, 0.25) is 0 Å². The molecule has 1 aliphatic carbocycles. The van der Waals surface area contributed by atoms with E-state index in [1.54, 1.807) is 40.2 Å². The molecule has 0 saturated heterocycles. The normalized spacial score (nSPS) is 16.0. The number of allylic oxidation sites excluding steroid dienone is 1. The van der Waals surface area contributed by atoms with Crippen molar-refractivity contribution in [3.8, 4) is 0 Å². The maximum absolute atomic E-state index is 13.4. The minimum Gasteiger partial charge on any atom is -0.283 e. The fourth-order valence-electron chi connectivity index (χ4n) is 4.03. The zero-order chi connectivity index (χ0) is 21.5. The number of hydrogen-bond acceptors (Lipinski definition) is 7. The van der Waals surface area contributed by atoms with Crippen molar-refractivity contribution in [3.05, 3.63) is 68.1 Å². The Morgan fingerprint density at radius 1 is 1.29 bits per heavy atom. The van der Waals surface area contributed by atoms with Crippen molar-refractivity contribution in [3.63, 3.8) is 0 Å². The average Bonchev–Trinajstić information content (AvgIpc) is 3.13. The summed E-state index contributed by atoms with van der Waals surface area (Å²) in [6.07, 6.45) is 4.72. The molecule has 0 radical (unpaired) electrons. The number of rotatable bonds is 5. The predicted octanol–water partition coefficient (Wildman–Crippen LogP) is 3.62. The first-order valence-electron chi connectivity index (χ1n) is 10.2. The first-order valence-corrected chi connectivity index (χ1v) is 12.0. The number of fused-ring (bicyclic) bond motifs is 4. The summed E-state index contributed by atoms with van der Waals surface area (Å²) in [5, 5.41) is 10.0. The van der Waals surface area contributed by atoms with Gasteiger partial charge in [-0.2, -0.15) is 4.68 Å². The SMILES string of the molecule is C=CCn1c(SCn2nnc3ccccc3c2=O)nc2sc3c(c2c1=O)CCC(C)C3. The van der Waals surface area contributed by atoms with Gasteiger partial charge in [0.1, 0.15) is 10.3 Å². The van der Waals surface area contributed by atoms with E-state index in [0.717, 1.165) is 29.5 Å². The summed E-state index contributed by atoms with van der Waals surface area (Å²) in [6.45, 7) is 6.41. The van der Waals surface area contributed by atoms with Crippen molar-refractivity contribution in [1.29, 1.82) is 0 Å². The summed E-state index contributed by atoms with van der Waals surface area (Å²) in [5.74, 6) is 0.844. The zero-order valence-corrected chi connectivity index (χ0v) is 18.7. The third-order valence-electron chi connectivity index (χ3n) is 5.64. The monoisotopic (exact) mass is 451 g/mol. The molecule has 1 aliphatic rings. The first kappa shape index (κ1) is 20.1. The van der Waals surface area contributed by atoms with Crippen LogP contribution in [0, 0.1) is 5.92 Å². The van der Waals surface area contributed by atoms with Gasteiger partial charge in [0, 0.05) is 11.4 Å². The highest BCUT2D eigenvalue weighted by Crippen LogP contribution is 2.36. The molecule has 3 heterocycles. The fourth-order valence-corrected chi connectivity index (χ4v) is 6.34. The lowest BCUT2D eigenvalue weighted by Crippen LogP contribution is -2.26. The molecule has 4 aromatic rings. The zero-order valence-electron chi connectivity index (χ0n) is 17.1. The lowest BCUT2D eigenvalue weighted by atomic mass is 9.89. The molecular formula is C22H21N5O2S2. The van der Waals surface area contributed by atoms with Gasteiger partial charge in [-0.15, -0.1) is 23.0 Å². The Morgan fingerprint density at radius 3 is 2.97 bits per heavy atom. The summed E-state index contributed by atoms with van der Waals surface area (Å²) in [6, 6.07) is 7.13. The van der Waals surface area contributed by atoms with Gasteiger partial charge in [0.25, 0.3) is 11.1 Å². The molecule has 0 fully saturated rings. The van der Waals surface area contributed by atoms with Crippen LogP contribution >= 0.6 is 23.1 Å². The van der Waals surface area contributed by atoms with E-state index in [1.807, 2.05) is 6.07 Å². The Labute approximate surface area is 186 Å². The van der Waals surface area contributed by atoms with Crippen molar-refractivity contribution in [2.75, 3.05) is 0 Å². The Kier molecular flexibility index (Phi) is 5.23. The summed E-state index contributed by atoms with van der Waals surface area (Å²) in [4.78, 5) is 33.0. The molecule has 1 unspecified atom stereocenters. The summed E-state index contributed by atoms with van der Waals surface area (Å²) in [7, 11) is 0. The molecule has 0 amide bonds. The van der Waals surface area contributed by atoms with E-state index in [-0.39, 0.29) is 17.0 Å². The number of nitrogens with zero attached hydrogens (tertiary/aromatic N) is 5. The van der Waals surface area contributed by atoms with Crippen molar-refractivity contribution < 1.29 is 0 Å². The molecule has 1 aromatic carbocycles. The van der Waals surface area contributed by atoms with E-state index < -0.39 is 0 Å². The van der Waals surface area contributed by atoms with E-state index in [9.17, 15) is 9.59 Å². The molecule has 0 spiro atoms. The van der Waals surface area contributed by atoms with E-state index >= 15 is 0 Å². The largest absolute Gasteiger partial charge is 0.283 e. The molecule has 0 N–H and O–H groups in total. The fraction of sp³-hybridized carbons (Fsp3) is 0.318. The van der Waals surface area contributed by atoms with Gasteiger partial charge in [0.15, 0.2) is 5.16 Å². The van der Waals surface area contributed by atoms with Crippen molar-refractivity contribution in [2.45, 2.75) is 43.8 Å². The quantitative estimate of drug-likeness (QED) is 0.262. The molecule has 7 nitrogen and oxygen atoms in total. The van der Waals surface area contributed by atoms with Crippen LogP contribution in [0.4, 0.5) is 0 Å². The van der Waals surface area contributed by atoms with Crippen LogP contribution < -0.4 is 11.1 Å². The van der Waals surface area contributed by atoms with Crippen molar-refractivity contribution >= 4 is 44.2 Å². The van der Waals surface area contributed by atoms with Crippen molar-refractivity contribution in [2.24, 2.45) is 5.92 Å². The molecule has 5 rings (SSSR count). The molecule has 0 saturated carbocycles. The summed E-state index contributed by atoms with van der Waals surface area (Å²) < 4.78 is 2.95. The third kappa shape index (κ3) is 3.51. The van der Waals surface area contributed by atoms with Crippen LogP contribution in [0.1, 0.15) is 23.8 Å². The number of thioether (sulfide) groups is 1. The second kappa shape index (κ2) is 8.05. The molecule has 31 heavy (non-hydrogen) atoms. The maximum Gasteiger partial charge on any atom is 0.278 e. The van der Waals surface area contributed by atoms with E-state index in [0.29, 0.717) is 28.5 Å². The van der Waals surface area contributed by atoms with E-state index in [1.165, 1.54) is 26.9 Å². The first-order chi connectivity index (χ1) is 15.1. The molecule has 0 bridgehead atoms. The van der Waals surface area contributed by atoms with E-state index in [4.69, 9.17) is 4.98 Å². The Morgan fingerprint density at radius 2 is 2.13 bits per heavy atom. The van der Waals surface area contributed by atoms with Gasteiger partial charge in [0.05, 0.1) is 16.6 Å². The smallest absolute Gasteiger partial charge is 0.278 e. The third-order valence-corrected chi connectivity index (χ3v) is 7.73. The molecule has 9 heteroatoms. The number of aromatic nitrogens is 5. The van der Waals surface area contributed by atoms with Gasteiger partial charge in [-0.3, -0.25) is 14.2 Å².